The predicted octanol–water partition coefficient (Wildman–Crippen LogP) is 3.75. The number of nitrogen functional groups attached to an aromatic ring is 1. The average molecular weight is 338 g/mol. The second-order valence-electron chi connectivity index (χ2n) is 4.92. The van der Waals surface area contributed by atoms with Gasteiger partial charge in [-0.1, -0.05) is 6.07 Å². The van der Waals surface area contributed by atoms with Crippen molar-refractivity contribution in [1.82, 2.24) is 9.78 Å². The fourth-order valence-corrected chi connectivity index (χ4v) is 2.56. The molecular weight excluding hydrogens is 318 g/mol. The minimum atomic E-state index is 0.471. The Bertz CT molecular complexity index is 635. The Hall–Kier alpha value is -1.49. The maximum absolute atomic E-state index is 5.94. The van der Waals surface area contributed by atoms with Gasteiger partial charge in [0.1, 0.15) is 12.4 Å². The van der Waals surface area contributed by atoms with E-state index in [0.29, 0.717) is 6.61 Å². The highest BCUT2D eigenvalue weighted by atomic mass is 79.9. The largest absolute Gasteiger partial charge is 0.487 e. The molecule has 1 heterocycles. The van der Waals surface area contributed by atoms with E-state index < -0.39 is 0 Å². The molecule has 0 aliphatic heterocycles. The number of halogens is 1. The van der Waals surface area contributed by atoms with Crippen LogP contribution in [0.4, 0.5) is 5.69 Å². The molecule has 2 N–H and O–H groups in total. The zero-order chi connectivity index (χ0) is 14.9. The Morgan fingerprint density at radius 1 is 1.25 bits per heavy atom. The standard InChI is InChI=1S/C15H20BrN3O/c1-5-19-13(15(16)11(4)18-19)8-20-14-7-12(17)9(2)6-10(14)3/h6-7H,5,8,17H2,1-4H3. The van der Waals surface area contributed by atoms with Crippen LogP contribution < -0.4 is 10.5 Å². The minimum Gasteiger partial charge on any atom is -0.487 e. The lowest BCUT2D eigenvalue weighted by Gasteiger charge is -2.12. The summed E-state index contributed by atoms with van der Waals surface area (Å²) in [4.78, 5) is 0. The summed E-state index contributed by atoms with van der Waals surface area (Å²) in [5, 5.41) is 4.46. The molecule has 0 bridgehead atoms. The van der Waals surface area contributed by atoms with Crippen LogP contribution in [0.2, 0.25) is 0 Å². The summed E-state index contributed by atoms with van der Waals surface area (Å²) in [5.74, 6) is 0.821. The average Bonchev–Trinajstić information content (AvgIpc) is 2.68. The number of ether oxygens (including phenoxy) is 1. The van der Waals surface area contributed by atoms with Gasteiger partial charge in [-0.15, -0.1) is 0 Å². The van der Waals surface area contributed by atoms with Crippen molar-refractivity contribution in [2.75, 3.05) is 5.73 Å². The van der Waals surface area contributed by atoms with Crippen LogP contribution >= 0.6 is 15.9 Å². The van der Waals surface area contributed by atoms with Crippen molar-refractivity contribution < 1.29 is 4.74 Å². The Labute approximate surface area is 128 Å². The lowest BCUT2D eigenvalue weighted by atomic mass is 10.1. The van der Waals surface area contributed by atoms with Crippen LogP contribution in [0.3, 0.4) is 0 Å². The van der Waals surface area contributed by atoms with Crippen LogP contribution in [-0.4, -0.2) is 9.78 Å². The third-order valence-corrected chi connectivity index (χ3v) is 4.41. The van der Waals surface area contributed by atoms with Gasteiger partial charge in [-0.25, -0.2) is 0 Å². The monoisotopic (exact) mass is 337 g/mol. The van der Waals surface area contributed by atoms with Crippen LogP contribution in [0.25, 0.3) is 0 Å². The Morgan fingerprint density at radius 2 is 1.95 bits per heavy atom. The molecule has 4 nitrogen and oxygen atoms in total. The van der Waals surface area contributed by atoms with Crippen LogP contribution in [-0.2, 0) is 13.2 Å². The van der Waals surface area contributed by atoms with E-state index >= 15 is 0 Å². The second-order valence-corrected chi connectivity index (χ2v) is 5.72. The van der Waals surface area contributed by atoms with Gasteiger partial charge >= 0.3 is 0 Å². The SMILES string of the molecule is CCn1nc(C)c(Br)c1COc1cc(N)c(C)cc1C. The first-order valence-electron chi connectivity index (χ1n) is 6.65. The molecule has 2 rings (SSSR count). The molecule has 0 aliphatic rings. The highest BCUT2D eigenvalue weighted by Gasteiger charge is 2.13. The zero-order valence-corrected chi connectivity index (χ0v) is 13.9. The molecule has 0 spiro atoms. The number of hydrogen-bond acceptors (Lipinski definition) is 3. The molecule has 2 aromatic rings. The zero-order valence-electron chi connectivity index (χ0n) is 12.3. The summed E-state index contributed by atoms with van der Waals surface area (Å²) >= 11 is 3.57. The van der Waals surface area contributed by atoms with Crippen molar-refractivity contribution in [2.24, 2.45) is 0 Å². The van der Waals surface area contributed by atoms with Crippen molar-refractivity contribution in [1.29, 1.82) is 0 Å². The topological polar surface area (TPSA) is 53.1 Å². The quantitative estimate of drug-likeness (QED) is 0.864. The number of benzene rings is 1. The number of anilines is 1. The smallest absolute Gasteiger partial charge is 0.131 e. The third kappa shape index (κ3) is 2.82. The number of nitrogens with two attached hydrogens (primary N) is 1. The fourth-order valence-electron chi connectivity index (χ4n) is 2.16. The molecule has 0 saturated heterocycles. The molecule has 0 atom stereocenters. The summed E-state index contributed by atoms with van der Waals surface area (Å²) in [6.07, 6.45) is 0. The first kappa shape index (κ1) is 14.9. The first-order valence-corrected chi connectivity index (χ1v) is 7.44. The number of nitrogens with zero attached hydrogens (tertiary/aromatic N) is 2. The predicted molar refractivity (Wildman–Crippen MR) is 85.0 cm³/mol. The van der Waals surface area contributed by atoms with Crippen molar-refractivity contribution in [3.8, 4) is 5.75 Å². The van der Waals surface area contributed by atoms with Gasteiger partial charge in [-0.05, 0) is 54.8 Å². The van der Waals surface area contributed by atoms with E-state index in [4.69, 9.17) is 10.5 Å². The second kappa shape index (κ2) is 5.87. The van der Waals surface area contributed by atoms with E-state index in [9.17, 15) is 0 Å². The fraction of sp³-hybridized carbons (Fsp3) is 0.400. The maximum Gasteiger partial charge on any atom is 0.131 e. The van der Waals surface area contributed by atoms with Gasteiger partial charge in [-0.3, -0.25) is 4.68 Å². The van der Waals surface area contributed by atoms with Crippen LogP contribution in [0.1, 0.15) is 29.4 Å². The molecule has 0 saturated carbocycles. The summed E-state index contributed by atoms with van der Waals surface area (Å²) in [5.41, 5.74) is 10.9. The van der Waals surface area contributed by atoms with Gasteiger partial charge in [0, 0.05) is 18.3 Å². The number of hydrogen-bond donors (Lipinski definition) is 1. The number of rotatable bonds is 4. The Balaban J connectivity index is 2.23. The van der Waals surface area contributed by atoms with Gasteiger partial charge < -0.3 is 10.5 Å². The Kier molecular flexibility index (Phi) is 4.38. The molecular formula is C15H20BrN3O. The summed E-state index contributed by atoms with van der Waals surface area (Å²) in [7, 11) is 0. The van der Waals surface area contributed by atoms with Crippen LogP contribution in [0.15, 0.2) is 16.6 Å². The molecule has 1 aromatic carbocycles. The third-order valence-electron chi connectivity index (χ3n) is 3.38. The molecule has 0 unspecified atom stereocenters. The van der Waals surface area contributed by atoms with Gasteiger partial charge in [-0.2, -0.15) is 5.10 Å². The molecule has 108 valence electrons. The van der Waals surface area contributed by atoms with E-state index in [2.05, 4.69) is 28.0 Å². The van der Waals surface area contributed by atoms with E-state index in [1.807, 2.05) is 37.6 Å². The lowest BCUT2D eigenvalue weighted by molar-refractivity contribution is 0.290. The summed E-state index contributed by atoms with van der Waals surface area (Å²) in [6, 6.07) is 3.93. The molecule has 0 amide bonds. The van der Waals surface area contributed by atoms with Crippen LogP contribution in [0, 0.1) is 20.8 Å². The van der Waals surface area contributed by atoms with Crippen molar-refractivity contribution in [3.05, 3.63) is 39.1 Å². The molecule has 0 aliphatic carbocycles. The van der Waals surface area contributed by atoms with Crippen molar-refractivity contribution in [3.63, 3.8) is 0 Å². The van der Waals surface area contributed by atoms with Gasteiger partial charge in [0.25, 0.3) is 0 Å². The Morgan fingerprint density at radius 3 is 2.60 bits per heavy atom. The van der Waals surface area contributed by atoms with Crippen molar-refractivity contribution >= 4 is 21.6 Å². The van der Waals surface area contributed by atoms with Gasteiger partial charge in [0.2, 0.25) is 0 Å². The van der Waals surface area contributed by atoms with Crippen LogP contribution in [0.5, 0.6) is 5.75 Å². The van der Waals surface area contributed by atoms with Gasteiger partial charge in [0.15, 0.2) is 0 Å². The molecule has 5 heteroatoms. The summed E-state index contributed by atoms with van der Waals surface area (Å²) in [6.45, 7) is 9.36. The minimum absolute atomic E-state index is 0.471. The summed E-state index contributed by atoms with van der Waals surface area (Å²) < 4.78 is 8.89. The first-order chi connectivity index (χ1) is 9.43. The maximum atomic E-state index is 5.94. The number of aryl methyl sites for hydroxylation is 4. The van der Waals surface area contributed by atoms with E-state index in [0.717, 1.165) is 45.0 Å². The molecule has 1 aromatic heterocycles. The lowest BCUT2D eigenvalue weighted by Crippen LogP contribution is -2.07. The highest BCUT2D eigenvalue weighted by molar-refractivity contribution is 9.10. The van der Waals surface area contributed by atoms with Crippen molar-refractivity contribution in [2.45, 2.75) is 40.8 Å². The highest BCUT2D eigenvalue weighted by Crippen LogP contribution is 2.27. The van der Waals surface area contributed by atoms with E-state index in [1.54, 1.807) is 0 Å². The molecule has 0 radical (unpaired) electrons. The molecule has 0 fully saturated rings. The van der Waals surface area contributed by atoms with E-state index in [-0.39, 0.29) is 0 Å². The molecule has 20 heavy (non-hydrogen) atoms. The van der Waals surface area contributed by atoms with Gasteiger partial charge in [0.05, 0.1) is 15.9 Å². The van der Waals surface area contributed by atoms with E-state index in [1.165, 1.54) is 0 Å². The number of aromatic nitrogens is 2. The normalized spacial score (nSPS) is 10.8.